The number of esters is 1. The van der Waals surface area contributed by atoms with Crippen LogP contribution in [0.5, 0.6) is 0 Å². The lowest BCUT2D eigenvalue weighted by molar-refractivity contribution is 0.0519. The molecule has 0 atom stereocenters. The summed E-state index contributed by atoms with van der Waals surface area (Å²) >= 11 is 3.36. The highest BCUT2D eigenvalue weighted by Crippen LogP contribution is 2.17. The smallest absolute Gasteiger partial charge is 0.358 e. The molecule has 0 saturated carbocycles. The number of carbonyl (C=O) groups excluding carboxylic acids is 1. The average Bonchev–Trinajstić information content (AvgIpc) is 2.56. The number of fused-ring (bicyclic) bond motifs is 1. The molecule has 0 fully saturated rings. The number of imidazole rings is 1. The number of pyridine rings is 1. The molecule has 0 radical (unpaired) electrons. The monoisotopic (exact) mass is 282 g/mol. The quantitative estimate of drug-likeness (QED) is 0.796. The Morgan fingerprint density at radius 2 is 2.38 bits per heavy atom. The summed E-state index contributed by atoms with van der Waals surface area (Å²) in [7, 11) is 0. The normalized spacial score (nSPS) is 10.7. The van der Waals surface area contributed by atoms with Crippen LogP contribution in [0.25, 0.3) is 5.65 Å². The van der Waals surface area contributed by atoms with Gasteiger partial charge < -0.3 is 9.14 Å². The van der Waals surface area contributed by atoms with E-state index in [1.807, 2.05) is 29.7 Å². The molecule has 2 aromatic rings. The highest BCUT2D eigenvalue weighted by Gasteiger charge is 2.16. The maximum atomic E-state index is 11.6. The van der Waals surface area contributed by atoms with Crippen molar-refractivity contribution in [3.63, 3.8) is 0 Å². The van der Waals surface area contributed by atoms with Gasteiger partial charge in [-0.15, -0.1) is 0 Å². The van der Waals surface area contributed by atoms with Crippen molar-refractivity contribution in [1.29, 1.82) is 0 Å². The van der Waals surface area contributed by atoms with Crippen LogP contribution in [0.1, 0.15) is 23.1 Å². The summed E-state index contributed by atoms with van der Waals surface area (Å²) in [5.74, 6) is -0.375. The minimum atomic E-state index is -0.375. The van der Waals surface area contributed by atoms with Crippen LogP contribution >= 0.6 is 15.9 Å². The highest BCUT2D eigenvalue weighted by atomic mass is 79.9. The summed E-state index contributed by atoms with van der Waals surface area (Å²) in [6.07, 6.45) is 1.87. The second-order valence-electron chi connectivity index (χ2n) is 3.34. The van der Waals surface area contributed by atoms with Crippen molar-refractivity contribution in [3.05, 3.63) is 34.2 Å². The fourth-order valence-electron chi connectivity index (χ4n) is 1.54. The number of aryl methyl sites for hydroxylation is 1. The Morgan fingerprint density at radius 1 is 1.62 bits per heavy atom. The van der Waals surface area contributed by atoms with Gasteiger partial charge in [-0.25, -0.2) is 9.78 Å². The standard InChI is InChI=1S/C11H11BrN2O2/c1-3-16-11(15)10-7(2)14-5-4-8(12)6-9(14)13-10/h4-6H,3H2,1-2H3. The van der Waals surface area contributed by atoms with Gasteiger partial charge in [0.2, 0.25) is 0 Å². The molecule has 16 heavy (non-hydrogen) atoms. The van der Waals surface area contributed by atoms with E-state index in [-0.39, 0.29) is 5.97 Å². The first-order valence-corrected chi connectivity index (χ1v) is 5.74. The van der Waals surface area contributed by atoms with Crippen LogP contribution in [0, 0.1) is 6.92 Å². The van der Waals surface area contributed by atoms with E-state index in [0.717, 1.165) is 15.8 Å². The van der Waals surface area contributed by atoms with Crippen LogP contribution in [-0.4, -0.2) is 22.0 Å². The summed E-state index contributed by atoms with van der Waals surface area (Å²) in [6, 6.07) is 3.76. The Labute approximate surface area is 101 Å². The third-order valence-corrected chi connectivity index (χ3v) is 2.79. The molecule has 0 saturated heterocycles. The van der Waals surface area contributed by atoms with Crippen molar-refractivity contribution in [2.24, 2.45) is 0 Å². The van der Waals surface area contributed by atoms with Gasteiger partial charge in [0.25, 0.3) is 0 Å². The molecule has 2 heterocycles. The van der Waals surface area contributed by atoms with Crippen LogP contribution in [0.2, 0.25) is 0 Å². The summed E-state index contributed by atoms with van der Waals surface area (Å²) in [5, 5.41) is 0. The van der Waals surface area contributed by atoms with Crippen molar-refractivity contribution in [2.75, 3.05) is 6.61 Å². The fourth-order valence-corrected chi connectivity index (χ4v) is 1.86. The predicted octanol–water partition coefficient (Wildman–Crippen LogP) is 2.58. The van der Waals surface area contributed by atoms with Crippen molar-refractivity contribution in [1.82, 2.24) is 9.38 Å². The molecule has 0 N–H and O–H groups in total. The van der Waals surface area contributed by atoms with Crippen LogP contribution < -0.4 is 0 Å². The fraction of sp³-hybridized carbons (Fsp3) is 0.273. The molecule has 0 bridgehead atoms. The molecule has 0 aliphatic carbocycles. The Hall–Kier alpha value is -1.36. The molecule has 0 spiro atoms. The largest absolute Gasteiger partial charge is 0.461 e. The van der Waals surface area contributed by atoms with Crippen molar-refractivity contribution in [3.8, 4) is 0 Å². The molecule has 4 nitrogen and oxygen atoms in total. The van der Waals surface area contributed by atoms with Gasteiger partial charge >= 0.3 is 5.97 Å². The molecule has 0 aliphatic rings. The van der Waals surface area contributed by atoms with Crippen LogP contribution in [0.15, 0.2) is 22.8 Å². The first-order chi connectivity index (χ1) is 7.63. The van der Waals surface area contributed by atoms with Gasteiger partial charge in [-0.05, 0) is 26.0 Å². The molecule has 84 valence electrons. The molecular weight excluding hydrogens is 272 g/mol. The summed E-state index contributed by atoms with van der Waals surface area (Å²) in [4.78, 5) is 15.9. The maximum absolute atomic E-state index is 11.6. The van der Waals surface area contributed by atoms with Crippen LogP contribution in [0.4, 0.5) is 0 Å². The van der Waals surface area contributed by atoms with Gasteiger partial charge in [0.1, 0.15) is 5.65 Å². The number of hydrogen-bond donors (Lipinski definition) is 0. The van der Waals surface area contributed by atoms with Crippen molar-refractivity contribution < 1.29 is 9.53 Å². The highest BCUT2D eigenvalue weighted by molar-refractivity contribution is 9.10. The summed E-state index contributed by atoms with van der Waals surface area (Å²) in [5.41, 5.74) is 1.90. The lowest BCUT2D eigenvalue weighted by atomic mass is 10.3. The van der Waals surface area contributed by atoms with E-state index in [0.29, 0.717) is 12.3 Å². The average molecular weight is 283 g/mol. The number of ether oxygens (including phenoxy) is 1. The van der Waals surface area contributed by atoms with E-state index in [1.165, 1.54) is 0 Å². The number of halogens is 1. The van der Waals surface area contributed by atoms with E-state index >= 15 is 0 Å². The summed E-state index contributed by atoms with van der Waals surface area (Å²) < 4.78 is 7.73. The Kier molecular flexibility index (Phi) is 2.96. The topological polar surface area (TPSA) is 43.6 Å². The van der Waals surface area contributed by atoms with Gasteiger partial charge in [-0.2, -0.15) is 0 Å². The second-order valence-corrected chi connectivity index (χ2v) is 4.26. The van der Waals surface area contributed by atoms with E-state index in [2.05, 4.69) is 20.9 Å². The van der Waals surface area contributed by atoms with E-state index in [9.17, 15) is 4.79 Å². The minimum absolute atomic E-state index is 0.357. The number of aromatic nitrogens is 2. The van der Waals surface area contributed by atoms with E-state index < -0.39 is 0 Å². The molecular formula is C11H11BrN2O2. The number of carbonyl (C=O) groups is 1. The van der Waals surface area contributed by atoms with Gasteiger partial charge in [0.05, 0.1) is 12.3 Å². The predicted molar refractivity (Wildman–Crippen MR) is 63.6 cm³/mol. The number of hydrogen-bond acceptors (Lipinski definition) is 3. The van der Waals surface area contributed by atoms with Gasteiger partial charge in [-0.1, -0.05) is 15.9 Å². The number of rotatable bonds is 2. The maximum Gasteiger partial charge on any atom is 0.358 e. The van der Waals surface area contributed by atoms with E-state index in [4.69, 9.17) is 4.74 Å². The molecule has 2 aromatic heterocycles. The van der Waals surface area contributed by atoms with E-state index in [1.54, 1.807) is 6.92 Å². The first kappa shape index (κ1) is 11.1. The van der Waals surface area contributed by atoms with Gasteiger partial charge in [0, 0.05) is 10.7 Å². The molecule has 2 rings (SSSR count). The first-order valence-electron chi connectivity index (χ1n) is 4.94. The molecule has 0 aliphatic heterocycles. The molecule has 0 unspecified atom stereocenters. The molecule has 5 heteroatoms. The van der Waals surface area contributed by atoms with Crippen molar-refractivity contribution >= 4 is 27.5 Å². The molecule has 0 amide bonds. The third kappa shape index (κ3) is 1.82. The Balaban J connectivity index is 2.55. The van der Waals surface area contributed by atoms with Gasteiger partial charge in [0.15, 0.2) is 5.69 Å². The number of nitrogens with zero attached hydrogens (tertiary/aromatic N) is 2. The lowest BCUT2D eigenvalue weighted by Crippen LogP contribution is -2.06. The van der Waals surface area contributed by atoms with Crippen LogP contribution in [-0.2, 0) is 4.74 Å². The van der Waals surface area contributed by atoms with Crippen molar-refractivity contribution in [2.45, 2.75) is 13.8 Å². The zero-order valence-corrected chi connectivity index (χ0v) is 10.6. The van der Waals surface area contributed by atoms with Gasteiger partial charge in [-0.3, -0.25) is 0 Å². The SMILES string of the molecule is CCOC(=O)c1nc2cc(Br)ccn2c1C. The Morgan fingerprint density at radius 3 is 3.06 bits per heavy atom. The minimum Gasteiger partial charge on any atom is -0.461 e. The zero-order valence-electron chi connectivity index (χ0n) is 9.03. The molecule has 0 aromatic carbocycles. The second kappa shape index (κ2) is 4.25. The zero-order chi connectivity index (χ0) is 11.7. The van der Waals surface area contributed by atoms with Crippen LogP contribution in [0.3, 0.4) is 0 Å². The lowest BCUT2D eigenvalue weighted by Gasteiger charge is -1.99. The summed E-state index contributed by atoms with van der Waals surface area (Å²) in [6.45, 7) is 3.98. The third-order valence-electron chi connectivity index (χ3n) is 2.30. The Bertz CT molecular complexity index is 548.